The van der Waals surface area contributed by atoms with Crippen molar-refractivity contribution in [1.29, 1.82) is 0 Å². The maximum atomic E-state index is 11.6. The molecule has 0 aliphatic rings. The number of hydrogen-bond acceptors (Lipinski definition) is 4. The Hall–Kier alpha value is -2.30. The molecule has 0 unspecified atom stereocenters. The van der Waals surface area contributed by atoms with Crippen LogP contribution in [0.2, 0.25) is 5.02 Å². The number of nitrogens with zero attached hydrogens (tertiary/aromatic N) is 4. The molecule has 1 aromatic heterocycles. The molecule has 0 bridgehead atoms. The Balaban J connectivity index is 2.91. The molecule has 0 N–H and O–H groups in total. The summed E-state index contributed by atoms with van der Waals surface area (Å²) in [5.74, 6) is -0.616. The minimum absolute atomic E-state index is 0.106. The molecule has 0 saturated heterocycles. The van der Waals surface area contributed by atoms with E-state index in [0.29, 0.717) is 15.9 Å². The Labute approximate surface area is 113 Å². The van der Waals surface area contributed by atoms with Gasteiger partial charge in [0.1, 0.15) is 0 Å². The normalized spacial score (nSPS) is 10.1. The first-order chi connectivity index (χ1) is 9.08. The van der Waals surface area contributed by atoms with Gasteiger partial charge in [0.15, 0.2) is 0 Å². The molecule has 0 saturated carbocycles. The number of aryl methyl sites for hydroxylation is 1. The average molecular weight is 277 g/mol. The summed E-state index contributed by atoms with van der Waals surface area (Å²) in [4.78, 5) is 18.6. The number of carbonyl (C=O) groups is 1. The molecule has 1 aromatic carbocycles. The van der Waals surface area contributed by atoms with Gasteiger partial charge in [0, 0.05) is 21.5 Å². The van der Waals surface area contributed by atoms with Gasteiger partial charge in [-0.1, -0.05) is 16.7 Å². The molecular weight excluding hydrogens is 268 g/mol. The van der Waals surface area contributed by atoms with Crippen molar-refractivity contribution in [2.75, 3.05) is 7.11 Å². The van der Waals surface area contributed by atoms with E-state index in [1.165, 1.54) is 13.3 Å². The lowest BCUT2D eigenvalue weighted by molar-refractivity contribution is 0.0601. The number of ether oxygens (including phenoxy) is 1. The van der Waals surface area contributed by atoms with Crippen LogP contribution in [-0.2, 0) is 4.74 Å². The van der Waals surface area contributed by atoms with Crippen LogP contribution < -0.4 is 0 Å². The van der Waals surface area contributed by atoms with Gasteiger partial charge in [-0.25, -0.2) is 4.79 Å². The van der Waals surface area contributed by atoms with Gasteiger partial charge in [0.2, 0.25) is 0 Å². The molecule has 19 heavy (non-hydrogen) atoms. The van der Waals surface area contributed by atoms with E-state index >= 15 is 0 Å². The number of methoxy groups -OCH3 is 1. The van der Waals surface area contributed by atoms with E-state index in [1.807, 2.05) is 6.92 Å². The average Bonchev–Trinajstić information content (AvgIpc) is 2.38. The zero-order valence-electron chi connectivity index (χ0n) is 10.2. The molecule has 0 aliphatic heterocycles. The zero-order chi connectivity index (χ0) is 14.0. The van der Waals surface area contributed by atoms with Crippen LogP contribution in [0.15, 0.2) is 23.4 Å². The van der Waals surface area contributed by atoms with E-state index in [0.717, 1.165) is 5.56 Å². The zero-order valence-corrected chi connectivity index (χ0v) is 11.0. The highest BCUT2D eigenvalue weighted by Crippen LogP contribution is 2.33. The maximum absolute atomic E-state index is 11.6. The third-order valence-corrected chi connectivity index (χ3v) is 2.87. The lowest BCUT2D eigenvalue weighted by Gasteiger charge is -2.09. The molecule has 0 amide bonds. The van der Waals surface area contributed by atoms with E-state index in [4.69, 9.17) is 17.1 Å². The second-order valence-electron chi connectivity index (χ2n) is 3.82. The molecule has 7 heteroatoms. The van der Waals surface area contributed by atoms with Gasteiger partial charge in [-0.3, -0.25) is 4.98 Å². The number of esters is 1. The minimum atomic E-state index is -0.616. The second kappa shape index (κ2) is 5.14. The van der Waals surface area contributed by atoms with E-state index in [-0.39, 0.29) is 11.3 Å². The third-order valence-electron chi connectivity index (χ3n) is 2.65. The summed E-state index contributed by atoms with van der Waals surface area (Å²) in [6, 6.07) is 3.35. The highest BCUT2D eigenvalue weighted by atomic mass is 35.5. The number of fused-ring (bicyclic) bond motifs is 1. The predicted molar refractivity (Wildman–Crippen MR) is 71.6 cm³/mol. The summed E-state index contributed by atoms with van der Waals surface area (Å²) in [6.45, 7) is 1.83. The first kappa shape index (κ1) is 13.1. The fourth-order valence-corrected chi connectivity index (χ4v) is 2.11. The molecular formula is C12H9ClN4O2. The lowest BCUT2D eigenvalue weighted by atomic mass is 10.1. The number of aromatic nitrogens is 1. The molecule has 0 fully saturated rings. The van der Waals surface area contributed by atoms with Crippen molar-refractivity contribution in [3.05, 3.63) is 44.9 Å². The van der Waals surface area contributed by atoms with Crippen molar-refractivity contribution in [2.24, 2.45) is 5.11 Å². The number of benzene rings is 1. The second-order valence-corrected chi connectivity index (χ2v) is 4.26. The van der Waals surface area contributed by atoms with Crippen molar-refractivity contribution in [3.8, 4) is 0 Å². The van der Waals surface area contributed by atoms with Gasteiger partial charge in [-0.15, -0.1) is 0 Å². The van der Waals surface area contributed by atoms with Gasteiger partial charge in [-0.05, 0) is 30.2 Å². The monoisotopic (exact) mass is 276 g/mol. The summed E-state index contributed by atoms with van der Waals surface area (Å²) in [7, 11) is 1.25. The smallest absolute Gasteiger partial charge is 0.339 e. The Kier molecular flexibility index (Phi) is 3.55. The fraction of sp³-hybridized carbons (Fsp3) is 0.167. The molecule has 6 nitrogen and oxygen atoms in total. The van der Waals surface area contributed by atoms with Crippen molar-refractivity contribution >= 4 is 34.2 Å². The van der Waals surface area contributed by atoms with Crippen molar-refractivity contribution < 1.29 is 9.53 Å². The number of hydrogen-bond donors (Lipinski definition) is 0. The van der Waals surface area contributed by atoms with Crippen LogP contribution in [-0.4, -0.2) is 18.1 Å². The van der Waals surface area contributed by atoms with Crippen LogP contribution in [0.5, 0.6) is 0 Å². The van der Waals surface area contributed by atoms with Crippen molar-refractivity contribution in [2.45, 2.75) is 6.92 Å². The Morgan fingerprint density at radius 1 is 1.53 bits per heavy atom. The first-order valence-corrected chi connectivity index (χ1v) is 5.68. The molecule has 2 rings (SSSR count). The molecule has 96 valence electrons. The number of rotatable bonds is 2. The minimum Gasteiger partial charge on any atom is -0.465 e. The Bertz CT molecular complexity index is 723. The molecule has 0 aliphatic carbocycles. The molecule has 0 radical (unpaired) electrons. The van der Waals surface area contributed by atoms with E-state index < -0.39 is 5.97 Å². The highest BCUT2D eigenvalue weighted by Gasteiger charge is 2.16. The van der Waals surface area contributed by atoms with Crippen LogP contribution in [0, 0.1) is 6.92 Å². The number of carbonyl (C=O) groups excluding carboxylic acids is 1. The van der Waals surface area contributed by atoms with Gasteiger partial charge in [0.05, 0.1) is 23.9 Å². The van der Waals surface area contributed by atoms with E-state index in [2.05, 4.69) is 19.7 Å². The SMILES string of the molecule is COC(=O)c1cnc2c(C)cc(Cl)cc2c1N=[N+]=[N-]. The van der Waals surface area contributed by atoms with Crippen molar-refractivity contribution in [1.82, 2.24) is 4.98 Å². The molecule has 0 atom stereocenters. The summed E-state index contributed by atoms with van der Waals surface area (Å²) in [5, 5.41) is 4.56. The first-order valence-electron chi connectivity index (χ1n) is 5.30. The summed E-state index contributed by atoms with van der Waals surface area (Å²) in [5.41, 5.74) is 10.4. The van der Waals surface area contributed by atoms with Crippen LogP contribution in [0.1, 0.15) is 15.9 Å². The maximum Gasteiger partial charge on any atom is 0.339 e. The van der Waals surface area contributed by atoms with Gasteiger partial charge in [0.25, 0.3) is 0 Å². The Morgan fingerprint density at radius 2 is 2.26 bits per heavy atom. The van der Waals surface area contributed by atoms with Gasteiger partial charge >= 0.3 is 5.97 Å². The summed E-state index contributed by atoms with van der Waals surface area (Å²) >= 11 is 5.98. The highest BCUT2D eigenvalue weighted by molar-refractivity contribution is 6.31. The molecule has 0 spiro atoms. The standard InChI is InChI=1S/C12H9ClN4O2/c1-6-3-7(13)4-8-10(6)15-5-9(12(18)19-2)11(8)16-17-14/h3-5H,1-2H3. The van der Waals surface area contributed by atoms with E-state index in [1.54, 1.807) is 12.1 Å². The van der Waals surface area contributed by atoms with E-state index in [9.17, 15) is 4.79 Å². The fourth-order valence-electron chi connectivity index (χ4n) is 1.83. The summed E-state index contributed by atoms with van der Waals surface area (Å²) < 4.78 is 4.64. The summed E-state index contributed by atoms with van der Waals surface area (Å²) in [6.07, 6.45) is 1.33. The lowest BCUT2D eigenvalue weighted by Crippen LogP contribution is -2.03. The van der Waals surface area contributed by atoms with Gasteiger partial charge in [-0.2, -0.15) is 0 Å². The quantitative estimate of drug-likeness (QED) is 0.360. The number of halogens is 1. The van der Waals surface area contributed by atoms with Crippen LogP contribution in [0.25, 0.3) is 21.3 Å². The number of azide groups is 1. The van der Waals surface area contributed by atoms with Gasteiger partial charge < -0.3 is 4.74 Å². The Morgan fingerprint density at radius 3 is 2.89 bits per heavy atom. The molecule has 1 heterocycles. The predicted octanol–water partition coefficient (Wildman–Crippen LogP) is 3.93. The van der Waals surface area contributed by atoms with Crippen LogP contribution >= 0.6 is 11.6 Å². The van der Waals surface area contributed by atoms with Crippen LogP contribution in [0.3, 0.4) is 0 Å². The molecule has 2 aromatic rings. The van der Waals surface area contributed by atoms with Crippen molar-refractivity contribution in [3.63, 3.8) is 0 Å². The largest absolute Gasteiger partial charge is 0.465 e. The number of pyridine rings is 1. The van der Waals surface area contributed by atoms with Crippen LogP contribution in [0.4, 0.5) is 5.69 Å². The third kappa shape index (κ3) is 2.31. The topological polar surface area (TPSA) is 88.0 Å².